The molecule has 0 bridgehead atoms. The number of rotatable bonds is 3. The third-order valence-corrected chi connectivity index (χ3v) is 8.17. The minimum absolute atomic E-state index is 0.0410. The van der Waals surface area contributed by atoms with Crippen molar-refractivity contribution < 1.29 is 39.9 Å². The summed E-state index contributed by atoms with van der Waals surface area (Å²) in [6.45, 7) is 1.70. The fourth-order valence-electron chi connectivity index (χ4n) is 6.44. The summed E-state index contributed by atoms with van der Waals surface area (Å²) in [6.07, 6.45) is -1.63. The Morgan fingerprint density at radius 3 is 2.24 bits per heavy atom. The van der Waals surface area contributed by atoms with Crippen LogP contribution in [0.15, 0.2) is 59.4 Å². The van der Waals surface area contributed by atoms with Crippen LogP contribution in [-0.4, -0.2) is 79.7 Å². The molecule has 3 aliphatic carbocycles. The molecular weight excluding hydrogens is 492 g/mol. The molecule has 7 N–H and O–H groups in total. The normalized spacial score (nSPS) is 30.7. The van der Waals surface area contributed by atoms with E-state index in [-0.39, 0.29) is 11.3 Å². The maximum Gasteiger partial charge on any atom is 0.255 e. The molecule has 1 fully saturated rings. The van der Waals surface area contributed by atoms with Crippen LogP contribution in [0.2, 0.25) is 0 Å². The largest absolute Gasteiger partial charge is 0.508 e. The van der Waals surface area contributed by atoms with E-state index in [4.69, 9.17) is 5.73 Å². The molecule has 0 radical (unpaired) electrons. The van der Waals surface area contributed by atoms with E-state index in [0.717, 1.165) is 5.56 Å². The van der Waals surface area contributed by atoms with Crippen LogP contribution < -0.4 is 5.73 Å². The summed E-state index contributed by atoms with van der Waals surface area (Å²) in [7, 11) is 2.93. The fraction of sp³-hybridized carbons (Fsp3) is 0.321. The summed E-state index contributed by atoms with van der Waals surface area (Å²) in [5.41, 5.74) is 2.88. The average molecular weight is 521 g/mol. The molecule has 198 valence electrons. The highest BCUT2D eigenvalue weighted by molar-refractivity contribution is 6.24. The summed E-state index contributed by atoms with van der Waals surface area (Å²) in [6, 6.07) is 11.0. The van der Waals surface area contributed by atoms with E-state index in [2.05, 4.69) is 0 Å². The van der Waals surface area contributed by atoms with Crippen molar-refractivity contribution in [2.75, 3.05) is 14.1 Å². The summed E-state index contributed by atoms with van der Waals surface area (Å²) in [5.74, 6) is -9.08. The number of phenols is 1. The van der Waals surface area contributed by atoms with Crippen molar-refractivity contribution in [3.63, 3.8) is 0 Å². The summed E-state index contributed by atoms with van der Waals surface area (Å²) < 4.78 is 0. The van der Waals surface area contributed by atoms with Gasteiger partial charge in [0.2, 0.25) is 5.78 Å². The number of hydrogen-bond donors (Lipinski definition) is 6. The van der Waals surface area contributed by atoms with Gasteiger partial charge >= 0.3 is 0 Å². The molecule has 0 aromatic heterocycles. The predicted molar refractivity (Wildman–Crippen MR) is 136 cm³/mol. The second-order valence-corrected chi connectivity index (χ2v) is 10.4. The van der Waals surface area contributed by atoms with Gasteiger partial charge in [-0.15, -0.1) is 0 Å². The number of nitrogens with two attached hydrogens (primary N) is 1. The van der Waals surface area contributed by atoms with Crippen LogP contribution in [0.5, 0.6) is 5.75 Å². The highest BCUT2D eigenvalue weighted by Gasteiger charge is 2.68. The number of amides is 1. The van der Waals surface area contributed by atoms with E-state index >= 15 is 0 Å². The molecule has 1 amide bonds. The third kappa shape index (κ3) is 3.20. The van der Waals surface area contributed by atoms with Crippen molar-refractivity contribution in [2.24, 2.45) is 17.6 Å². The first-order valence-corrected chi connectivity index (χ1v) is 12.1. The zero-order chi connectivity index (χ0) is 27.8. The Kier molecular flexibility index (Phi) is 5.75. The van der Waals surface area contributed by atoms with Gasteiger partial charge in [-0.1, -0.05) is 37.3 Å². The molecule has 5 rings (SSSR count). The number of aromatic hydroxyl groups is 1. The van der Waals surface area contributed by atoms with E-state index < -0.39 is 75.6 Å². The van der Waals surface area contributed by atoms with E-state index in [1.165, 1.54) is 25.1 Å². The zero-order valence-corrected chi connectivity index (χ0v) is 20.9. The van der Waals surface area contributed by atoms with Crippen LogP contribution in [-0.2, 0) is 14.4 Å². The van der Waals surface area contributed by atoms with Crippen LogP contribution in [0.25, 0.3) is 16.9 Å². The Hall–Kier alpha value is -3.99. The molecule has 0 heterocycles. The highest BCUT2D eigenvalue weighted by atomic mass is 16.4. The number of ketones is 2. The number of phenolic OH excluding ortho intramolecular Hbond substituents is 1. The first-order valence-electron chi connectivity index (χ1n) is 12.1. The number of fused-ring (bicyclic) bond motifs is 3. The monoisotopic (exact) mass is 520 g/mol. The SMILES string of the molecule is CC1c2cc(-c3ccccc3)cc(O)c2C(O)=C2C(=O)C3(O)C(O)=C(C(N)=O)C(=O)C(N(C)C)C3C(O)C21. The maximum atomic E-state index is 13.9. The van der Waals surface area contributed by atoms with Crippen molar-refractivity contribution in [1.29, 1.82) is 0 Å². The minimum Gasteiger partial charge on any atom is -0.508 e. The number of aliphatic hydroxyl groups excluding tert-OH is 3. The lowest BCUT2D eigenvalue weighted by molar-refractivity contribution is -0.169. The predicted octanol–water partition coefficient (Wildman–Crippen LogP) is 1.16. The number of primary amides is 1. The van der Waals surface area contributed by atoms with Gasteiger partial charge < -0.3 is 31.3 Å². The molecule has 0 spiro atoms. The molecule has 6 atom stereocenters. The second-order valence-electron chi connectivity index (χ2n) is 10.4. The molecule has 3 aliphatic rings. The van der Waals surface area contributed by atoms with E-state index in [1.807, 2.05) is 30.3 Å². The number of carbonyl (C=O) groups excluding carboxylic acids is 3. The van der Waals surface area contributed by atoms with Gasteiger partial charge in [0.25, 0.3) is 5.91 Å². The van der Waals surface area contributed by atoms with Gasteiger partial charge in [-0.25, -0.2) is 0 Å². The van der Waals surface area contributed by atoms with Crippen LogP contribution in [0.3, 0.4) is 0 Å². The molecule has 10 heteroatoms. The fourth-order valence-corrected chi connectivity index (χ4v) is 6.44. The Morgan fingerprint density at radius 1 is 1.03 bits per heavy atom. The number of nitrogens with zero attached hydrogens (tertiary/aromatic N) is 1. The molecule has 6 unspecified atom stereocenters. The van der Waals surface area contributed by atoms with Crippen LogP contribution in [0.1, 0.15) is 24.0 Å². The lowest BCUT2D eigenvalue weighted by Gasteiger charge is -2.53. The van der Waals surface area contributed by atoms with Crippen molar-refractivity contribution in [3.8, 4) is 16.9 Å². The van der Waals surface area contributed by atoms with Crippen LogP contribution >= 0.6 is 0 Å². The molecule has 38 heavy (non-hydrogen) atoms. The molecule has 0 aliphatic heterocycles. The topological polar surface area (TPSA) is 182 Å². The molecule has 0 saturated heterocycles. The Balaban J connectivity index is 1.78. The van der Waals surface area contributed by atoms with Crippen LogP contribution in [0.4, 0.5) is 0 Å². The lowest BCUT2D eigenvalue weighted by atomic mass is 9.54. The standard InChI is InChI=1S/C28H28N2O8/c1-11-14-9-13(12-7-5-4-6-8-12)10-15(31)17(14)22(32)18-16(11)23(33)20-21(30(2)3)24(34)19(27(29)37)26(36)28(20,38)25(18)35/h4-11,16,20-21,23,31-33,36,38H,1-3H3,(H2,29,37). The molecule has 1 saturated carbocycles. The molecular formula is C28H28N2O8. The van der Waals surface area contributed by atoms with Crippen molar-refractivity contribution in [1.82, 2.24) is 4.90 Å². The van der Waals surface area contributed by atoms with E-state index in [1.54, 1.807) is 13.0 Å². The average Bonchev–Trinajstić information content (AvgIpc) is 2.86. The van der Waals surface area contributed by atoms with Gasteiger partial charge in [0.05, 0.1) is 23.6 Å². The lowest BCUT2D eigenvalue weighted by Crippen LogP contribution is -2.70. The Morgan fingerprint density at radius 2 is 1.66 bits per heavy atom. The first kappa shape index (κ1) is 25.7. The highest BCUT2D eigenvalue weighted by Crippen LogP contribution is 2.56. The van der Waals surface area contributed by atoms with E-state index in [9.17, 15) is 39.9 Å². The van der Waals surface area contributed by atoms with Crippen molar-refractivity contribution >= 4 is 23.2 Å². The third-order valence-electron chi connectivity index (χ3n) is 8.17. The summed E-state index contributed by atoms with van der Waals surface area (Å²) in [4.78, 5) is 40.6. The smallest absolute Gasteiger partial charge is 0.255 e. The van der Waals surface area contributed by atoms with Crippen molar-refractivity contribution in [3.05, 3.63) is 70.5 Å². The Labute approximate surface area is 217 Å². The van der Waals surface area contributed by atoms with Gasteiger partial charge in [0, 0.05) is 11.5 Å². The number of likely N-dealkylation sites (N-methyl/N-ethyl adjacent to an activating group) is 1. The maximum absolute atomic E-state index is 13.9. The zero-order valence-electron chi connectivity index (χ0n) is 20.9. The number of Topliss-reactive ketones (excluding diaryl/α,β-unsaturated/α-hetero) is 2. The van der Waals surface area contributed by atoms with Gasteiger partial charge in [-0.05, 0) is 48.8 Å². The van der Waals surface area contributed by atoms with Crippen molar-refractivity contribution in [2.45, 2.75) is 30.6 Å². The number of hydrogen-bond acceptors (Lipinski definition) is 9. The number of aliphatic hydroxyl groups is 4. The molecule has 10 nitrogen and oxygen atoms in total. The number of benzene rings is 2. The molecule has 2 aromatic carbocycles. The van der Waals surface area contributed by atoms with Crippen LogP contribution in [0, 0.1) is 11.8 Å². The van der Waals surface area contributed by atoms with Gasteiger partial charge in [0.1, 0.15) is 22.8 Å². The number of carbonyl (C=O) groups is 3. The van der Waals surface area contributed by atoms with E-state index in [0.29, 0.717) is 11.1 Å². The van der Waals surface area contributed by atoms with Gasteiger partial charge in [-0.2, -0.15) is 0 Å². The van der Waals surface area contributed by atoms with Gasteiger partial charge in [-0.3, -0.25) is 19.3 Å². The summed E-state index contributed by atoms with van der Waals surface area (Å²) >= 11 is 0. The molecule has 2 aromatic rings. The second kappa shape index (κ2) is 8.52. The van der Waals surface area contributed by atoms with Gasteiger partial charge in [0.15, 0.2) is 11.4 Å². The summed E-state index contributed by atoms with van der Waals surface area (Å²) in [5, 5.41) is 56.5. The first-order chi connectivity index (χ1) is 17.8. The quantitative estimate of drug-likeness (QED) is 0.324. The Bertz CT molecular complexity index is 1460. The minimum atomic E-state index is -2.93.